The molecule has 1 aromatic heterocycles. The van der Waals surface area contributed by atoms with Gasteiger partial charge in [-0.2, -0.15) is 5.26 Å². The average molecular weight is 234 g/mol. The molecule has 3 nitrogen and oxygen atoms in total. The standard InChI is InChI=1S/C12H8F2N2O/c13-10-3-9(5-15)4-11(14)12(10)16-6-8-1-2-17-7-8/h1-4,7,16H,6H2. The lowest BCUT2D eigenvalue weighted by molar-refractivity contribution is 0.563. The second-order valence-electron chi connectivity index (χ2n) is 3.41. The summed E-state index contributed by atoms with van der Waals surface area (Å²) in [5, 5.41) is 11.2. The number of anilines is 1. The minimum absolute atomic E-state index is 0.0474. The number of rotatable bonds is 3. The van der Waals surface area contributed by atoms with Gasteiger partial charge in [0.25, 0.3) is 0 Å². The Morgan fingerprint density at radius 1 is 1.29 bits per heavy atom. The summed E-state index contributed by atoms with van der Waals surface area (Å²) in [5.74, 6) is -1.57. The van der Waals surface area contributed by atoms with Crippen LogP contribution in [0.3, 0.4) is 0 Å². The molecule has 0 radical (unpaired) electrons. The fourth-order valence-corrected chi connectivity index (χ4v) is 1.39. The van der Waals surface area contributed by atoms with Crippen LogP contribution in [0.4, 0.5) is 14.5 Å². The van der Waals surface area contributed by atoms with Gasteiger partial charge in [0.15, 0.2) is 11.6 Å². The van der Waals surface area contributed by atoms with Crippen LogP contribution >= 0.6 is 0 Å². The van der Waals surface area contributed by atoms with E-state index in [0.29, 0.717) is 0 Å². The van der Waals surface area contributed by atoms with E-state index in [9.17, 15) is 8.78 Å². The molecule has 1 heterocycles. The zero-order valence-electron chi connectivity index (χ0n) is 8.71. The van der Waals surface area contributed by atoms with Crippen LogP contribution in [-0.2, 0) is 6.54 Å². The van der Waals surface area contributed by atoms with Gasteiger partial charge in [-0.25, -0.2) is 8.78 Å². The molecule has 0 unspecified atom stereocenters. The van der Waals surface area contributed by atoms with E-state index in [1.165, 1.54) is 12.5 Å². The lowest BCUT2D eigenvalue weighted by Crippen LogP contribution is -2.03. The first-order valence-electron chi connectivity index (χ1n) is 4.85. The lowest BCUT2D eigenvalue weighted by atomic mass is 10.2. The maximum atomic E-state index is 13.4. The van der Waals surface area contributed by atoms with Crippen LogP contribution in [0.2, 0.25) is 0 Å². The fourth-order valence-electron chi connectivity index (χ4n) is 1.39. The Morgan fingerprint density at radius 2 is 2.00 bits per heavy atom. The van der Waals surface area contributed by atoms with Crippen LogP contribution in [0.15, 0.2) is 35.1 Å². The number of nitrogens with zero attached hydrogens (tertiary/aromatic N) is 1. The highest BCUT2D eigenvalue weighted by molar-refractivity contribution is 5.50. The average Bonchev–Trinajstić information content (AvgIpc) is 2.80. The van der Waals surface area contributed by atoms with E-state index in [2.05, 4.69) is 5.32 Å². The summed E-state index contributed by atoms with van der Waals surface area (Å²) in [5.41, 5.74) is 0.479. The summed E-state index contributed by atoms with van der Waals surface area (Å²) in [4.78, 5) is 0. The molecule has 0 saturated carbocycles. The van der Waals surface area contributed by atoms with Crippen molar-refractivity contribution in [3.8, 4) is 6.07 Å². The number of nitrogens with one attached hydrogen (secondary N) is 1. The van der Waals surface area contributed by atoms with Crippen molar-refractivity contribution in [3.05, 3.63) is 53.5 Å². The van der Waals surface area contributed by atoms with Crippen molar-refractivity contribution >= 4 is 5.69 Å². The minimum atomic E-state index is -0.787. The van der Waals surface area contributed by atoms with Crippen LogP contribution in [0.1, 0.15) is 11.1 Å². The third-order valence-corrected chi connectivity index (χ3v) is 2.22. The van der Waals surface area contributed by atoms with E-state index in [-0.39, 0.29) is 17.8 Å². The van der Waals surface area contributed by atoms with E-state index >= 15 is 0 Å². The highest BCUT2D eigenvalue weighted by Gasteiger charge is 2.10. The lowest BCUT2D eigenvalue weighted by Gasteiger charge is -2.07. The third kappa shape index (κ3) is 2.42. The van der Waals surface area contributed by atoms with Crippen LogP contribution in [0.5, 0.6) is 0 Å². The molecule has 0 fully saturated rings. The molecule has 1 aromatic carbocycles. The molecule has 0 saturated heterocycles. The molecule has 2 rings (SSSR count). The predicted octanol–water partition coefficient (Wildman–Crippen LogP) is 3.04. The summed E-state index contributed by atoms with van der Waals surface area (Å²) >= 11 is 0. The second kappa shape index (κ2) is 4.66. The summed E-state index contributed by atoms with van der Waals surface area (Å²) in [6.07, 6.45) is 2.95. The topological polar surface area (TPSA) is 49.0 Å². The highest BCUT2D eigenvalue weighted by Crippen LogP contribution is 2.21. The number of hydrogen-bond acceptors (Lipinski definition) is 3. The molecular weight excluding hydrogens is 226 g/mol. The van der Waals surface area contributed by atoms with Gasteiger partial charge >= 0.3 is 0 Å². The number of furan rings is 1. The Morgan fingerprint density at radius 3 is 2.53 bits per heavy atom. The molecule has 0 aliphatic rings. The van der Waals surface area contributed by atoms with Crippen molar-refractivity contribution in [3.63, 3.8) is 0 Å². The zero-order valence-corrected chi connectivity index (χ0v) is 8.71. The molecule has 0 bridgehead atoms. The largest absolute Gasteiger partial charge is 0.472 e. The molecule has 2 aromatic rings. The first-order chi connectivity index (χ1) is 8.20. The normalized spacial score (nSPS) is 9.94. The van der Waals surface area contributed by atoms with Crippen molar-refractivity contribution in [2.75, 3.05) is 5.32 Å². The Bertz CT molecular complexity index is 535. The van der Waals surface area contributed by atoms with Gasteiger partial charge in [0.2, 0.25) is 0 Å². The smallest absolute Gasteiger partial charge is 0.150 e. The monoisotopic (exact) mass is 234 g/mol. The van der Waals surface area contributed by atoms with Crippen molar-refractivity contribution in [2.24, 2.45) is 0 Å². The van der Waals surface area contributed by atoms with Crippen LogP contribution in [0.25, 0.3) is 0 Å². The van der Waals surface area contributed by atoms with Gasteiger partial charge in [-0.15, -0.1) is 0 Å². The van der Waals surface area contributed by atoms with Gasteiger partial charge in [0, 0.05) is 12.1 Å². The fraction of sp³-hybridized carbons (Fsp3) is 0.0833. The van der Waals surface area contributed by atoms with Crippen LogP contribution in [-0.4, -0.2) is 0 Å². The van der Waals surface area contributed by atoms with Gasteiger partial charge < -0.3 is 9.73 Å². The zero-order chi connectivity index (χ0) is 12.3. The number of hydrogen-bond donors (Lipinski definition) is 1. The molecule has 86 valence electrons. The van der Waals surface area contributed by atoms with Crippen LogP contribution < -0.4 is 5.32 Å². The Hall–Kier alpha value is -2.35. The van der Waals surface area contributed by atoms with E-state index in [1.807, 2.05) is 0 Å². The molecule has 5 heteroatoms. The summed E-state index contributed by atoms with van der Waals surface area (Å²) < 4.78 is 31.7. The molecule has 1 N–H and O–H groups in total. The number of halogens is 2. The van der Waals surface area contributed by atoms with E-state index in [1.54, 1.807) is 12.1 Å². The predicted molar refractivity (Wildman–Crippen MR) is 57.1 cm³/mol. The summed E-state index contributed by atoms with van der Waals surface area (Å²) in [6.45, 7) is 0.246. The van der Waals surface area contributed by atoms with Crippen molar-refractivity contribution < 1.29 is 13.2 Å². The Labute approximate surface area is 96.3 Å². The Balaban J connectivity index is 2.19. The van der Waals surface area contributed by atoms with E-state index in [0.717, 1.165) is 17.7 Å². The van der Waals surface area contributed by atoms with Crippen molar-refractivity contribution in [1.82, 2.24) is 0 Å². The van der Waals surface area contributed by atoms with Gasteiger partial charge in [0.05, 0.1) is 24.2 Å². The molecule has 0 aliphatic carbocycles. The maximum Gasteiger partial charge on any atom is 0.150 e. The van der Waals surface area contributed by atoms with Gasteiger partial charge in [-0.05, 0) is 18.2 Å². The van der Waals surface area contributed by atoms with E-state index < -0.39 is 11.6 Å². The third-order valence-electron chi connectivity index (χ3n) is 2.22. The number of benzene rings is 1. The summed E-state index contributed by atoms with van der Waals surface area (Å²) in [7, 11) is 0. The van der Waals surface area contributed by atoms with Gasteiger partial charge in [-0.1, -0.05) is 0 Å². The minimum Gasteiger partial charge on any atom is -0.472 e. The number of nitriles is 1. The molecule has 0 atom stereocenters. The molecule has 17 heavy (non-hydrogen) atoms. The quantitative estimate of drug-likeness (QED) is 0.887. The first kappa shape index (κ1) is 11.1. The SMILES string of the molecule is N#Cc1cc(F)c(NCc2ccoc2)c(F)c1. The van der Waals surface area contributed by atoms with Gasteiger partial charge in [-0.3, -0.25) is 0 Å². The van der Waals surface area contributed by atoms with Gasteiger partial charge in [0.1, 0.15) is 5.69 Å². The Kier molecular flexibility index (Phi) is 3.06. The molecule has 0 spiro atoms. The van der Waals surface area contributed by atoms with Crippen molar-refractivity contribution in [2.45, 2.75) is 6.54 Å². The molecule has 0 aliphatic heterocycles. The van der Waals surface area contributed by atoms with E-state index in [4.69, 9.17) is 9.68 Å². The molecular formula is C12H8F2N2O. The first-order valence-corrected chi connectivity index (χ1v) is 4.85. The maximum absolute atomic E-state index is 13.4. The molecule has 0 amide bonds. The van der Waals surface area contributed by atoms with Crippen molar-refractivity contribution in [1.29, 1.82) is 5.26 Å². The highest BCUT2D eigenvalue weighted by atomic mass is 19.1. The second-order valence-corrected chi connectivity index (χ2v) is 3.41. The van der Waals surface area contributed by atoms with Crippen LogP contribution in [0, 0.1) is 23.0 Å². The summed E-state index contributed by atoms with van der Waals surface area (Å²) in [6, 6.07) is 5.34.